The molecule has 1 aromatic rings. The minimum Gasteiger partial charge on any atom is -0.367 e. The van der Waals surface area contributed by atoms with Crippen LogP contribution in [0.4, 0.5) is 5.82 Å². The van der Waals surface area contributed by atoms with Crippen molar-refractivity contribution >= 4 is 17.4 Å². The van der Waals surface area contributed by atoms with Gasteiger partial charge in [-0.3, -0.25) is 0 Å². The highest BCUT2D eigenvalue weighted by atomic mass is 35.5. The van der Waals surface area contributed by atoms with Crippen LogP contribution in [0.25, 0.3) is 0 Å². The number of aromatic nitrogens is 2. The third kappa shape index (κ3) is 3.07. The molecular formula is C15H23ClN4. The summed E-state index contributed by atoms with van der Waals surface area (Å²) >= 11 is 6.25. The molecule has 110 valence electrons. The summed E-state index contributed by atoms with van der Waals surface area (Å²) in [5.74, 6) is 2.41. The SMILES string of the molecule is CCN1CCC(Nc2nc(C3CC3)nc(Cl)c2C)CC1. The number of hydrogen-bond acceptors (Lipinski definition) is 4. The van der Waals surface area contributed by atoms with E-state index in [1.165, 1.54) is 38.8 Å². The van der Waals surface area contributed by atoms with Gasteiger partial charge in [-0.1, -0.05) is 18.5 Å². The van der Waals surface area contributed by atoms with Crippen LogP contribution in [0.5, 0.6) is 0 Å². The van der Waals surface area contributed by atoms with Gasteiger partial charge < -0.3 is 10.2 Å². The lowest BCUT2D eigenvalue weighted by Gasteiger charge is -2.32. The van der Waals surface area contributed by atoms with Gasteiger partial charge in [0.2, 0.25) is 0 Å². The largest absolute Gasteiger partial charge is 0.367 e. The molecule has 2 aliphatic rings. The molecule has 1 aromatic heterocycles. The number of piperidine rings is 1. The van der Waals surface area contributed by atoms with E-state index in [9.17, 15) is 0 Å². The lowest BCUT2D eigenvalue weighted by molar-refractivity contribution is 0.229. The molecular weight excluding hydrogens is 272 g/mol. The fourth-order valence-corrected chi connectivity index (χ4v) is 2.93. The Morgan fingerprint density at radius 1 is 1.20 bits per heavy atom. The molecule has 2 heterocycles. The number of nitrogens with zero attached hydrogens (tertiary/aromatic N) is 3. The van der Waals surface area contributed by atoms with Gasteiger partial charge >= 0.3 is 0 Å². The number of rotatable bonds is 4. The van der Waals surface area contributed by atoms with Gasteiger partial charge in [0.25, 0.3) is 0 Å². The molecule has 0 amide bonds. The molecule has 0 radical (unpaired) electrons. The Hall–Kier alpha value is -0.870. The van der Waals surface area contributed by atoms with E-state index in [0.29, 0.717) is 17.1 Å². The van der Waals surface area contributed by atoms with Crippen molar-refractivity contribution in [1.29, 1.82) is 0 Å². The molecule has 1 N–H and O–H groups in total. The van der Waals surface area contributed by atoms with E-state index in [1.54, 1.807) is 0 Å². The number of halogens is 1. The molecule has 0 bridgehead atoms. The Bertz CT molecular complexity index is 479. The second-order valence-corrected chi connectivity index (χ2v) is 6.33. The van der Waals surface area contributed by atoms with Crippen LogP contribution in [-0.2, 0) is 0 Å². The summed E-state index contributed by atoms with van der Waals surface area (Å²) in [5, 5.41) is 4.20. The summed E-state index contributed by atoms with van der Waals surface area (Å²) in [6, 6.07) is 0.509. The number of likely N-dealkylation sites (tertiary alicyclic amines) is 1. The van der Waals surface area contributed by atoms with Gasteiger partial charge in [0.1, 0.15) is 16.8 Å². The zero-order valence-corrected chi connectivity index (χ0v) is 13.1. The maximum absolute atomic E-state index is 6.25. The highest BCUT2D eigenvalue weighted by molar-refractivity contribution is 6.30. The van der Waals surface area contributed by atoms with Crippen LogP contribution in [0.15, 0.2) is 0 Å². The minimum absolute atomic E-state index is 0.509. The molecule has 4 nitrogen and oxygen atoms in total. The van der Waals surface area contributed by atoms with E-state index in [4.69, 9.17) is 16.6 Å². The molecule has 3 rings (SSSR count). The van der Waals surface area contributed by atoms with Gasteiger partial charge in [-0.2, -0.15) is 0 Å². The number of nitrogens with one attached hydrogen (secondary N) is 1. The second kappa shape index (κ2) is 5.86. The van der Waals surface area contributed by atoms with Gasteiger partial charge in [-0.25, -0.2) is 9.97 Å². The average Bonchev–Trinajstić information content (AvgIpc) is 3.29. The summed E-state index contributed by atoms with van der Waals surface area (Å²) in [5.41, 5.74) is 0.981. The third-order valence-corrected chi connectivity index (χ3v) is 4.79. The smallest absolute Gasteiger partial charge is 0.137 e. The van der Waals surface area contributed by atoms with Crippen molar-refractivity contribution in [3.05, 3.63) is 16.5 Å². The Kier molecular flexibility index (Phi) is 4.13. The first-order valence-electron chi connectivity index (χ1n) is 7.70. The van der Waals surface area contributed by atoms with Gasteiger partial charge in [-0.05, 0) is 39.2 Å². The third-order valence-electron chi connectivity index (χ3n) is 4.42. The Morgan fingerprint density at radius 2 is 1.90 bits per heavy atom. The lowest BCUT2D eigenvalue weighted by atomic mass is 10.0. The van der Waals surface area contributed by atoms with E-state index < -0.39 is 0 Å². The minimum atomic E-state index is 0.509. The predicted molar refractivity (Wildman–Crippen MR) is 82.5 cm³/mol. The van der Waals surface area contributed by atoms with E-state index in [1.807, 2.05) is 6.92 Å². The zero-order chi connectivity index (χ0) is 14.1. The molecule has 0 unspecified atom stereocenters. The lowest BCUT2D eigenvalue weighted by Crippen LogP contribution is -2.39. The van der Waals surface area contributed by atoms with Crippen LogP contribution in [0, 0.1) is 6.92 Å². The van der Waals surface area contributed by atoms with Gasteiger partial charge in [0, 0.05) is 30.6 Å². The van der Waals surface area contributed by atoms with Gasteiger partial charge in [0.05, 0.1) is 0 Å². The summed E-state index contributed by atoms with van der Waals surface area (Å²) < 4.78 is 0. The van der Waals surface area contributed by atoms with Crippen molar-refractivity contribution in [2.24, 2.45) is 0 Å². The van der Waals surface area contributed by atoms with Crippen molar-refractivity contribution in [2.75, 3.05) is 25.0 Å². The van der Waals surface area contributed by atoms with Crippen LogP contribution < -0.4 is 5.32 Å². The highest BCUT2D eigenvalue weighted by Gasteiger charge is 2.28. The average molecular weight is 295 g/mol. The fraction of sp³-hybridized carbons (Fsp3) is 0.733. The monoisotopic (exact) mass is 294 g/mol. The maximum Gasteiger partial charge on any atom is 0.137 e. The first kappa shape index (κ1) is 14.1. The predicted octanol–water partition coefficient (Wildman–Crippen LogP) is 3.21. The molecule has 0 aromatic carbocycles. The van der Waals surface area contributed by atoms with Crippen molar-refractivity contribution in [1.82, 2.24) is 14.9 Å². The van der Waals surface area contributed by atoms with E-state index in [-0.39, 0.29) is 0 Å². The van der Waals surface area contributed by atoms with Crippen molar-refractivity contribution in [2.45, 2.75) is 51.5 Å². The van der Waals surface area contributed by atoms with Gasteiger partial charge in [-0.15, -0.1) is 0 Å². The molecule has 20 heavy (non-hydrogen) atoms. The standard InChI is InChI=1S/C15H23ClN4/c1-3-20-8-6-12(7-9-20)17-14-10(2)13(16)18-15(19-14)11-4-5-11/h11-12H,3-9H2,1-2H3,(H,17,18,19). The van der Waals surface area contributed by atoms with E-state index in [2.05, 4.69) is 22.1 Å². The van der Waals surface area contributed by atoms with Crippen LogP contribution in [0.2, 0.25) is 5.15 Å². The molecule has 1 aliphatic heterocycles. The maximum atomic E-state index is 6.25. The number of hydrogen-bond donors (Lipinski definition) is 1. The Morgan fingerprint density at radius 3 is 2.50 bits per heavy atom. The fourth-order valence-electron chi connectivity index (χ4n) is 2.76. The highest BCUT2D eigenvalue weighted by Crippen LogP contribution is 2.39. The second-order valence-electron chi connectivity index (χ2n) is 5.97. The van der Waals surface area contributed by atoms with Crippen molar-refractivity contribution in [3.63, 3.8) is 0 Å². The van der Waals surface area contributed by atoms with Crippen LogP contribution in [-0.4, -0.2) is 40.5 Å². The Balaban J connectivity index is 1.70. The quantitative estimate of drug-likeness (QED) is 0.866. The molecule has 0 spiro atoms. The summed E-state index contributed by atoms with van der Waals surface area (Å²) in [6.45, 7) is 7.71. The van der Waals surface area contributed by atoms with Crippen molar-refractivity contribution in [3.8, 4) is 0 Å². The van der Waals surface area contributed by atoms with Crippen LogP contribution in [0.3, 0.4) is 0 Å². The number of anilines is 1. The summed E-state index contributed by atoms with van der Waals surface area (Å²) in [4.78, 5) is 11.6. The van der Waals surface area contributed by atoms with Crippen LogP contribution in [0.1, 0.15) is 49.9 Å². The normalized spacial score (nSPS) is 21.1. The zero-order valence-electron chi connectivity index (χ0n) is 12.3. The molecule has 0 atom stereocenters. The molecule has 5 heteroatoms. The Labute approximate surface area is 125 Å². The van der Waals surface area contributed by atoms with E-state index in [0.717, 1.165) is 23.8 Å². The first-order valence-corrected chi connectivity index (χ1v) is 8.08. The van der Waals surface area contributed by atoms with E-state index >= 15 is 0 Å². The summed E-state index contributed by atoms with van der Waals surface area (Å²) in [6.07, 6.45) is 4.75. The topological polar surface area (TPSA) is 41.0 Å². The molecule has 1 saturated carbocycles. The van der Waals surface area contributed by atoms with Crippen molar-refractivity contribution < 1.29 is 0 Å². The van der Waals surface area contributed by atoms with Gasteiger partial charge in [0.15, 0.2) is 0 Å². The molecule has 1 aliphatic carbocycles. The molecule has 2 fully saturated rings. The first-order chi connectivity index (χ1) is 9.67. The van der Waals surface area contributed by atoms with Crippen LogP contribution >= 0.6 is 11.6 Å². The summed E-state index contributed by atoms with van der Waals surface area (Å²) in [7, 11) is 0. The molecule has 1 saturated heterocycles.